The molecule has 4 aromatic carbocycles. The predicted molar refractivity (Wildman–Crippen MR) is 151 cm³/mol. The van der Waals surface area contributed by atoms with Crippen LogP contribution in [-0.2, 0) is 6.54 Å². The van der Waals surface area contributed by atoms with Crippen LogP contribution in [0.25, 0.3) is 22.2 Å². The lowest BCUT2D eigenvalue weighted by Gasteiger charge is -2.13. The summed E-state index contributed by atoms with van der Waals surface area (Å²) in [6, 6.07) is 31.1. The first kappa shape index (κ1) is 23.6. The Morgan fingerprint density at radius 3 is 2.47 bits per heavy atom. The summed E-state index contributed by atoms with van der Waals surface area (Å²) >= 11 is 0. The number of nitrogens with zero attached hydrogens (tertiary/aromatic N) is 3. The number of carbonyl (C=O) groups excluding carboxylic acids is 1. The van der Waals surface area contributed by atoms with Gasteiger partial charge >= 0.3 is 0 Å². The summed E-state index contributed by atoms with van der Waals surface area (Å²) < 4.78 is 5.81. The van der Waals surface area contributed by atoms with Gasteiger partial charge in [-0.15, -0.1) is 0 Å². The van der Waals surface area contributed by atoms with Gasteiger partial charge < -0.3 is 15.4 Å². The molecule has 0 unspecified atom stereocenters. The van der Waals surface area contributed by atoms with Gasteiger partial charge in [0.05, 0.1) is 11.2 Å². The summed E-state index contributed by atoms with van der Waals surface area (Å²) in [6.07, 6.45) is 0. The highest BCUT2D eigenvalue weighted by Gasteiger charge is 2.15. The zero-order valence-corrected chi connectivity index (χ0v) is 21.0. The van der Waals surface area contributed by atoms with E-state index in [2.05, 4.69) is 22.6 Å². The number of nitrogens with one attached hydrogen (secondary N) is 2. The fraction of sp³-hybridized carbons (Fsp3) is 0.129. The van der Waals surface area contributed by atoms with E-state index in [0.717, 1.165) is 57.9 Å². The highest BCUT2D eigenvalue weighted by Crippen LogP contribution is 2.29. The van der Waals surface area contributed by atoms with Gasteiger partial charge in [0.25, 0.3) is 5.91 Å². The van der Waals surface area contributed by atoms with Gasteiger partial charge in [-0.1, -0.05) is 48.5 Å². The Hall–Kier alpha value is -4.75. The maximum Gasteiger partial charge on any atom is 0.255 e. The minimum Gasteiger partial charge on any atom is -0.492 e. The number of ether oxygens (including phenoxy) is 1. The second-order valence-corrected chi connectivity index (χ2v) is 9.34. The van der Waals surface area contributed by atoms with Gasteiger partial charge in [-0.05, 0) is 55.6 Å². The third-order valence-corrected chi connectivity index (χ3v) is 6.54. The van der Waals surface area contributed by atoms with Crippen molar-refractivity contribution < 1.29 is 9.53 Å². The molecule has 6 rings (SSSR count). The normalized spacial score (nSPS) is 13.3. The van der Waals surface area contributed by atoms with Crippen molar-refractivity contribution in [1.82, 2.24) is 14.9 Å². The molecule has 188 valence electrons. The lowest BCUT2D eigenvalue weighted by Crippen LogP contribution is -2.20. The van der Waals surface area contributed by atoms with Gasteiger partial charge in [-0.25, -0.2) is 9.97 Å². The van der Waals surface area contributed by atoms with E-state index in [0.29, 0.717) is 18.1 Å². The minimum atomic E-state index is -0.173. The Morgan fingerprint density at radius 2 is 1.63 bits per heavy atom. The van der Waals surface area contributed by atoms with Gasteiger partial charge in [0.15, 0.2) is 0 Å². The van der Waals surface area contributed by atoms with Crippen LogP contribution in [0.1, 0.15) is 15.9 Å². The van der Waals surface area contributed by atoms with E-state index in [1.807, 2.05) is 84.9 Å². The first-order valence-electron chi connectivity index (χ1n) is 12.6. The van der Waals surface area contributed by atoms with E-state index >= 15 is 0 Å². The van der Waals surface area contributed by atoms with Crippen molar-refractivity contribution >= 4 is 34.1 Å². The molecule has 7 heteroatoms. The number of carbonyl (C=O) groups is 1. The lowest BCUT2D eigenvalue weighted by atomic mass is 10.1. The second-order valence-electron chi connectivity index (χ2n) is 9.34. The van der Waals surface area contributed by atoms with Gasteiger partial charge in [-0.3, -0.25) is 9.69 Å². The topological polar surface area (TPSA) is 79.4 Å². The molecule has 2 heterocycles. The van der Waals surface area contributed by atoms with Crippen molar-refractivity contribution in [2.45, 2.75) is 6.54 Å². The second kappa shape index (κ2) is 10.3. The van der Waals surface area contributed by atoms with Crippen LogP contribution in [0.4, 0.5) is 17.3 Å². The number of anilines is 3. The molecule has 1 aromatic heterocycles. The molecule has 0 bridgehead atoms. The van der Waals surface area contributed by atoms with Crippen LogP contribution < -0.4 is 15.4 Å². The van der Waals surface area contributed by atoms with Crippen LogP contribution in [0.15, 0.2) is 97.1 Å². The quantitative estimate of drug-likeness (QED) is 0.302. The number of hydrogen-bond acceptors (Lipinski definition) is 6. The Labute approximate surface area is 221 Å². The van der Waals surface area contributed by atoms with E-state index < -0.39 is 0 Å². The summed E-state index contributed by atoms with van der Waals surface area (Å²) in [5.74, 6) is 1.19. The van der Waals surface area contributed by atoms with E-state index in [-0.39, 0.29) is 5.91 Å². The van der Waals surface area contributed by atoms with Crippen LogP contribution in [0.2, 0.25) is 0 Å². The number of fused-ring (bicyclic) bond motifs is 2. The number of benzene rings is 4. The number of likely N-dealkylation sites (N-methyl/N-ethyl adjacent to an activating group) is 1. The van der Waals surface area contributed by atoms with Gasteiger partial charge in [0, 0.05) is 46.5 Å². The Balaban J connectivity index is 1.20. The van der Waals surface area contributed by atoms with E-state index in [1.165, 1.54) is 0 Å². The van der Waals surface area contributed by atoms with E-state index in [4.69, 9.17) is 14.7 Å². The maximum atomic E-state index is 12.9. The van der Waals surface area contributed by atoms with Gasteiger partial charge in [0.1, 0.15) is 12.4 Å². The molecule has 0 radical (unpaired) electrons. The Morgan fingerprint density at radius 1 is 0.868 bits per heavy atom. The SMILES string of the molecule is CN1CCOc2ccc(NC(=O)c3ccc(Nc4nc(-c5ccccc5)c5ccccc5n4)cc3)cc2C1. The highest BCUT2D eigenvalue weighted by atomic mass is 16.5. The van der Waals surface area contributed by atoms with Crippen molar-refractivity contribution in [3.8, 4) is 17.0 Å². The molecule has 1 amide bonds. The molecule has 0 atom stereocenters. The van der Waals surface area contributed by atoms with Gasteiger partial charge in [0.2, 0.25) is 5.95 Å². The largest absolute Gasteiger partial charge is 0.492 e. The number of amides is 1. The highest BCUT2D eigenvalue weighted by molar-refractivity contribution is 6.04. The van der Waals surface area contributed by atoms with E-state index in [1.54, 1.807) is 12.1 Å². The molecular formula is C31H27N5O2. The smallest absolute Gasteiger partial charge is 0.255 e. The summed E-state index contributed by atoms with van der Waals surface area (Å²) in [5, 5.41) is 7.29. The van der Waals surface area contributed by atoms with Crippen LogP contribution >= 0.6 is 0 Å². The first-order chi connectivity index (χ1) is 18.6. The Kier molecular flexibility index (Phi) is 6.42. The van der Waals surface area contributed by atoms with Crippen molar-refractivity contribution in [3.05, 3.63) is 108 Å². The standard InChI is InChI=1S/C31H27N5O2/c1-36-17-18-38-28-16-15-25(19-23(28)20-36)32-30(37)22-11-13-24(14-12-22)33-31-34-27-10-6-5-9-26(27)29(35-31)21-7-3-2-4-8-21/h2-16,19H,17-18,20H2,1H3,(H,32,37)(H,33,34,35). The summed E-state index contributed by atoms with van der Waals surface area (Å²) in [5.41, 5.74) is 5.91. The number of rotatable bonds is 5. The molecule has 0 aliphatic carbocycles. The van der Waals surface area contributed by atoms with Crippen LogP contribution in [0.3, 0.4) is 0 Å². The van der Waals surface area contributed by atoms with Crippen LogP contribution in [-0.4, -0.2) is 41.0 Å². The predicted octanol–water partition coefficient (Wildman–Crippen LogP) is 6.12. The molecule has 0 saturated carbocycles. The van der Waals surface area contributed by atoms with Crippen molar-refractivity contribution in [2.24, 2.45) is 0 Å². The number of aromatic nitrogens is 2. The molecule has 38 heavy (non-hydrogen) atoms. The third kappa shape index (κ3) is 5.05. The summed E-state index contributed by atoms with van der Waals surface area (Å²) in [7, 11) is 2.06. The fourth-order valence-corrected chi connectivity index (χ4v) is 4.59. The van der Waals surface area contributed by atoms with Crippen molar-refractivity contribution in [2.75, 3.05) is 30.8 Å². The molecule has 0 saturated heterocycles. The third-order valence-electron chi connectivity index (χ3n) is 6.54. The summed E-state index contributed by atoms with van der Waals surface area (Å²) in [4.78, 5) is 24.6. The van der Waals surface area contributed by atoms with E-state index in [9.17, 15) is 4.79 Å². The molecule has 7 nitrogen and oxygen atoms in total. The van der Waals surface area contributed by atoms with Crippen molar-refractivity contribution in [3.63, 3.8) is 0 Å². The average molecular weight is 502 g/mol. The molecular weight excluding hydrogens is 474 g/mol. The zero-order valence-electron chi connectivity index (χ0n) is 21.0. The summed E-state index contributed by atoms with van der Waals surface area (Å²) in [6.45, 7) is 2.31. The van der Waals surface area contributed by atoms with Gasteiger partial charge in [-0.2, -0.15) is 0 Å². The zero-order chi connectivity index (χ0) is 25.9. The molecule has 0 spiro atoms. The number of para-hydroxylation sites is 1. The van der Waals surface area contributed by atoms with Crippen LogP contribution in [0, 0.1) is 0 Å². The minimum absolute atomic E-state index is 0.173. The molecule has 1 aliphatic rings. The first-order valence-corrected chi connectivity index (χ1v) is 12.6. The average Bonchev–Trinajstić information content (AvgIpc) is 3.13. The molecule has 5 aromatic rings. The van der Waals surface area contributed by atoms with Crippen molar-refractivity contribution in [1.29, 1.82) is 0 Å². The molecule has 1 aliphatic heterocycles. The molecule has 0 fully saturated rings. The number of hydrogen-bond donors (Lipinski definition) is 2. The molecule has 2 N–H and O–H groups in total. The Bertz CT molecular complexity index is 1600. The monoisotopic (exact) mass is 501 g/mol. The van der Waals surface area contributed by atoms with Crippen LogP contribution in [0.5, 0.6) is 5.75 Å². The fourth-order valence-electron chi connectivity index (χ4n) is 4.59. The lowest BCUT2D eigenvalue weighted by molar-refractivity contribution is 0.102. The maximum absolute atomic E-state index is 12.9.